The first-order chi connectivity index (χ1) is 12.6. The van der Waals surface area contributed by atoms with Crippen LogP contribution in [0.4, 0.5) is 5.69 Å². The minimum absolute atomic E-state index is 0.0312. The third-order valence-corrected chi connectivity index (χ3v) is 3.43. The maximum absolute atomic E-state index is 12.0. The molecule has 2 rings (SSSR count). The molecule has 0 saturated heterocycles. The number of carbonyl (C=O) groups excluding carboxylic acids is 2. The van der Waals surface area contributed by atoms with Crippen molar-refractivity contribution in [2.45, 2.75) is 26.4 Å². The van der Waals surface area contributed by atoms with Gasteiger partial charge in [0.15, 0.2) is 17.6 Å². The summed E-state index contributed by atoms with van der Waals surface area (Å²) < 4.78 is 16.2. The van der Waals surface area contributed by atoms with E-state index in [1.165, 1.54) is 6.92 Å². The monoisotopic (exact) mass is 357 g/mol. The Balaban J connectivity index is 1.75. The lowest BCUT2D eigenvalue weighted by Gasteiger charge is -2.14. The molecule has 1 N–H and O–H groups in total. The van der Waals surface area contributed by atoms with E-state index in [1.54, 1.807) is 24.3 Å². The summed E-state index contributed by atoms with van der Waals surface area (Å²) in [7, 11) is 0. The summed E-state index contributed by atoms with van der Waals surface area (Å²) in [5, 5.41) is 2.69. The standard InChI is InChI=1S/C20H23NO5/c1-3-24-17-11-7-8-12-18(17)25-14-13-19(22)26-15(2)20(23)21-16-9-5-4-6-10-16/h4-12,15H,3,13-14H2,1-2H3,(H,21,23)/t15-/m1/s1. The van der Waals surface area contributed by atoms with E-state index >= 15 is 0 Å². The fourth-order valence-electron chi connectivity index (χ4n) is 2.16. The Morgan fingerprint density at radius 3 is 2.23 bits per heavy atom. The summed E-state index contributed by atoms with van der Waals surface area (Å²) >= 11 is 0. The van der Waals surface area contributed by atoms with Crippen molar-refractivity contribution in [2.24, 2.45) is 0 Å². The van der Waals surface area contributed by atoms with Crippen molar-refractivity contribution >= 4 is 17.6 Å². The van der Waals surface area contributed by atoms with Crippen LogP contribution < -0.4 is 14.8 Å². The van der Waals surface area contributed by atoms with Crippen molar-refractivity contribution < 1.29 is 23.8 Å². The molecule has 0 spiro atoms. The number of amides is 1. The van der Waals surface area contributed by atoms with Crippen LogP contribution in [0.2, 0.25) is 0 Å². The maximum atomic E-state index is 12.0. The molecule has 26 heavy (non-hydrogen) atoms. The zero-order valence-corrected chi connectivity index (χ0v) is 14.9. The van der Waals surface area contributed by atoms with E-state index in [2.05, 4.69) is 5.32 Å². The number of benzene rings is 2. The first-order valence-electron chi connectivity index (χ1n) is 8.50. The summed E-state index contributed by atoms with van der Waals surface area (Å²) in [6.45, 7) is 4.07. The highest BCUT2D eigenvalue weighted by molar-refractivity contribution is 5.95. The van der Waals surface area contributed by atoms with Crippen molar-refractivity contribution in [1.29, 1.82) is 0 Å². The van der Waals surface area contributed by atoms with Crippen LogP contribution >= 0.6 is 0 Å². The van der Waals surface area contributed by atoms with E-state index in [9.17, 15) is 9.59 Å². The highest BCUT2D eigenvalue weighted by Crippen LogP contribution is 2.26. The highest BCUT2D eigenvalue weighted by atomic mass is 16.6. The summed E-state index contributed by atoms with van der Waals surface area (Å²) in [6.07, 6.45) is -0.859. The Hall–Kier alpha value is -3.02. The number of ether oxygens (including phenoxy) is 3. The maximum Gasteiger partial charge on any atom is 0.310 e. The lowest BCUT2D eigenvalue weighted by Crippen LogP contribution is -2.30. The molecule has 0 fully saturated rings. The van der Waals surface area contributed by atoms with Crippen LogP contribution in [0.15, 0.2) is 54.6 Å². The van der Waals surface area contributed by atoms with Gasteiger partial charge in [0.05, 0.1) is 19.6 Å². The van der Waals surface area contributed by atoms with Crippen LogP contribution in [0.25, 0.3) is 0 Å². The average Bonchev–Trinajstić information content (AvgIpc) is 2.64. The number of para-hydroxylation sites is 3. The van der Waals surface area contributed by atoms with Gasteiger partial charge in [-0.05, 0) is 38.1 Å². The number of carbonyl (C=O) groups is 2. The smallest absolute Gasteiger partial charge is 0.310 e. The fourth-order valence-corrected chi connectivity index (χ4v) is 2.16. The topological polar surface area (TPSA) is 73.9 Å². The van der Waals surface area contributed by atoms with Crippen LogP contribution in [-0.2, 0) is 14.3 Å². The largest absolute Gasteiger partial charge is 0.490 e. The van der Waals surface area contributed by atoms with Gasteiger partial charge in [-0.15, -0.1) is 0 Å². The number of esters is 1. The van der Waals surface area contributed by atoms with Gasteiger partial charge in [-0.3, -0.25) is 9.59 Å². The van der Waals surface area contributed by atoms with Crippen molar-refractivity contribution in [1.82, 2.24) is 0 Å². The molecule has 6 nitrogen and oxygen atoms in total. The van der Waals surface area contributed by atoms with Crippen molar-refractivity contribution in [2.75, 3.05) is 18.5 Å². The van der Waals surface area contributed by atoms with E-state index in [1.807, 2.05) is 37.3 Å². The van der Waals surface area contributed by atoms with E-state index < -0.39 is 12.1 Å². The Kier molecular flexibility index (Phi) is 7.49. The van der Waals surface area contributed by atoms with Crippen LogP contribution in [0.3, 0.4) is 0 Å². The molecule has 0 aliphatic heterocycles. The lowest BCUT2D eigenvalue weighted by atomic mass is 10.3. The molecule has 0 radical (unpaired) electrons. The second-order valence-electron chi connectivity index (χ2n) is 5.47. The molecule has 0 aromatic heterocycles. The SMILES string of the molecule is CCOc1ccccc1OCCC(=O)O[C@H](C)C(=O)Nc1ccccc1. The predicted molar refractivity (Wildman–Crippen MR) is 98.3 cm³/mol. The molecule has 6 heteroatoms. The summed E-state index contributed by atoms with van der Waals surface area (Å²) in [5.41, 5.74) is 0.649. The number of hydrogen-bond acceptors (Lipinski definition) is 5. The molecular weight excluding hydrogens is 334 g/mol. The minimum Gasteiger partial charge on any atom is -0.490 e. The van der Waals surface area contributed by atoms with Crippen LogP contribution in [0.1, 0.15) is 20.3 Å². The molecule has 0 aliphatic carbocycles. The molecule has 0 heterocycles. The average molecular weight is 357 g/mol. The molecule has 2 aromatic carbocycles. The molecule has 0 aliphatic rings. The van der Waals surface area contributed by atoms with Crippen molar-refractivity contribution in [3.63, 3.8) is 0 Å². The molecule has 0 saturated carbocycles. The Labute approximate surface area is 153 Å². The number of nitrogens with one attached hydrogen (secondary N) is 1. The van der Waals surface area contributed by atoms with Gasteiger partial charge in [-0.25, -0.2) is 0 Å². The second-order valence-corrected chi connectivity index (χ2v) is 5.47. The van der Waals surface area contributed by atoms with Gasteiger partial charge in [0.2, 0.25) is 0 Å². The van der Waals surface area contributed by atoms with Gasteiger partial charge in [0, 0.05) is 5.69 Å². The Morgan fingerprint density at radius 1 is 0.962 bits per heavy atom. The van der Waals surface area contributed by atoms with Crippen LogP contribution in [0, 0.1) is 0 Å². The van der Waals surface area contributed by atoms with Crippen LogP contribution in [0.5, 0.6) is 11.5 Å². The van der Waals surface area contributed by atoms with E-state index in [-0.39, 0.29) is 18.9 Å². The van der Waals surface area contributed by atoms with Gasteiger partial charge in [0.1, 0.15) is 0 Å². The summed E-state index contributed by atoms with van der Waals surface area (Å²) in [5.74, 6) is 0.303. The number of rotatable bonds is 9. The molecule has 1 amide bonds. The zero-order valence-electron chi connectivity index (χ0n) is 14.9. The Morgan fingerprint density at radius 2 is 1.58 bits per heavy atom. The highest BCUT2D eigenvalue weighted by Gasteiger charge is 2.18. The van der Waals surface area contributed by atoms with E-state index in [0.717, 1.165) is 0 Å². The minimum atomic E-state index is -0.890. The predicted octanol–water partition coefficient (Wildman–Crippen LogP) is 3.42. The van der Waals surface area contributed by atoms with Gasteiger partial charge >= 0.3 is 5.97 Å². The molecule has 0 unspecified atom stereocenters. The molecule has 1 atom stereocenters. The van der Waals surface area contributed by atoms with Crippen molar-refractivity contribution in [3.05, 3.63) is 54.6 Å². The third-order valence-electron chi connectivity index (χ3n) is 3.43. The summed E-state index contributed by atoms with van der Waals surface area (Å²) in [6, 6.07) is 16.2. The molecule has 0 bridgehead atoms. The Bertz CT molecular complexity index is 717. The van der Waals surface area contributed by atoms with E-state index in [0.29, 0.717) is 23.8 Å². The van der Waals surface area contributed by atoms with E-state index in [4.69, 9.17) is 14.2 Å². The van der Waals surface area contributed by atoms with Gasteiger partial charge in [0.25, 0.3) is 5.91 Å². The first-order valence-corrected chi connectivity index (χ1v) is 8.50. The molecule has 138 valence electrons. The van der Waals surface area contributed by atoms with Crippen LogP contribution in [-0.4, -0.2) is 31.2 Å². The van der Waals surface area contributed by atoms with Gasteiger partial charge in [-0.2, -0.15) is 0 Å². The lowest BCUT2D eigenvalue weighted by molar-refractivity contribution is -0.153. The third kappa shape index (κ3) is 6.12. The fraction of sp³-hybridized carbons (Fsp3) is 0.300. The zero-order chi connectivity index (χ0) is 18.8. The number of anilines is 1. The molecular formula is C20H23NO5. The van der Waals surface area contributed by atoms with Gasteiger partial charge in [-0.1, -0.05) is 30.3 Å². The normalized spacial score (nSPS) is 11.3. The summed E-state index contributed by atoms with van der Waals surface area (Å²) in [4.78, 5) is 23.9. The second kappa shape index (κ2) is 10.1. The van der Waals surface area contributed by atoms with Gasteiger partial charge < -0.3 is 19.5 Å². The number of hydrogen-bond donors (Lipinski definition) is 1. The van der Waals surface area contributed by atoms with Crippen molar-refractivity contribution in [3.8, 4) is 11.5 Å². The quantitative estimate of drug-likeness (QED) is 0.696. The first kappa shape index (κ1) is 19.3. The molecule has 2 aromatic rings.